The van der Waals surface area contributed by atoms with E-state index in [2.05, 4.69) is 9.97 Å². The molecule has 0 aliphatic heterocycles. The van der Waals surface area contributed by atoms with Crippen molar-refractivity contribution in [2.24, 2.45) is 0 Å². The van der Waals surface area contributed by atoms with Gasteiger partial charge in [-0.1, -0.05) is 6.07 Å². The van der Waals surface area contributed by atoms with Gasteiger partial charge in [-0.15, -0.1) is 0 Å². The number of aromatic nitrogens is 2. The lowest BCUT2D eigenvalue weighted by Crippen LogP contribution is -1.99. The number of nitriles is 1. The van der Waals surface area contributed by atoms with E-state index < -0.39 is 5.97 Å². The van der Waals surface area contributed by atoms with E-state index in [9.17, 15) is 4.79 Å². The van der Waals surface area contributed by atoms with Crippen molar-refractivity contribution in [1.29, 1.82) is 5.26 Å². The minimum absolute atomic E-state index is 0.0459. The van der Waals surface area contributed by atoms with Crippen LogP contribution in [0.1, 0.15) is 16.2 Å². The highest BCUT2D eigenvalue weighted by Crippen LogP contribution is 2.20. The van der Waals surface area contributed by atoms with Gasteiger partial charge in [-0.05, 0) is 12.1 Å². The van der Waals surface area contributed by atoms with Gasteiger partial charge in [0.25, 0.3) is 0 Å². The fourth-order valence-corrected chi connectivity index (χ4v) is 1.20. The maximum Gasteiger partial charge on any atom is 0.358 e. The zero-order valence-corrected chi connectivity index (χ0v) is 7.91. The minimum Gasteiger partial charge on any atom is -0.476 e. The van der Waals surface area contributed by atoms with E-state index in [1.54, 1.807) is 12.1 Å². The number of hydrogen-bond donors (Lipinski definition) is 1. The van der Waals surface area contributed by atoms with Crippen LogP contribution in [-0.4, -0.2) is 21.0 Å². The smallest absolute Gasteiger partial charge is 0.358 e. The van der Waals surface area contributed by atoms with E-state index in [0.29, 0.717) is 0 Å². The van der Waals surface area contributed by atoms with Gasteiger partial charge in [0.05, 0.1) is 0 Å². The van der Waals surface area contributed by atoms with Crippen molar-refractivity contribution >= 4 is 5.97 Å². The highest BCUT2D eigenvalue weighted by molar-refractivity contribution is 5.91. The van der Waals surface area contributed by atoms with Crippen LogP contribution in [0.25, 0.3) is 11.5 Å². The Labute approximate surface area is 89.8 Å². The average Bonchev–Trinajstić information content (AvgIpc) is 2.78. The van der Waals surface area contributed by atoms with Gasteiger partial charge in [-0.25, -0.2) is 14.8 Å². The van der Waals surface area contributed by atoms with Crippen LogP contribution < -0.4 is 0 Å². The summed E-state index contributed by atoms with van der Waals surface area (Å²) < 4.78 is 4.95. The van der Waals surface area contributed by atoms with Crippen LogP contribution >= 0.6 is 0 Å². The zero-order chi connectivity index (χ0) is 11.5. The van der Waals surface area contributed by atoms with Crippen LogP contribution in [0, 0.1) is 11.3 Å². The van der Waals surface area contributed by atoms with E-state index in [1.807, 2.05) is 6.07 Å². The average molecular weight is 215 g/mol. The number of carboxylic acid groups (broad SMARTS) is 1. The molecule has 2 rings (SSSR count). The largest absolute Gasteiger partial charge is 0.476 e. The standard InChI is InChI=1S/C10H5N3O3/c11-4-6-2-1-3-7(13-6)9-8(10(14)15)12-5-16-9/h1-3,5H,(H,14,15). The van der Waals surface area contributed by atoms with Crippen molar-refractivity contribution in [3.63, 3.8) is 0 Å². The minimum atomic E-state index is -1.20. The molecule has 16 heavy (non-hydrogen) atoms. The molecular weight excluding hydrogens is 210 g/mol. The molecule has 2 heterocycles. The van der Waals surface area contributed by atoms with Gasteiger partial charge >= 0.3 is 5.97 Å². The number of carboxylic acids is 1. The van der Waals surface area contributed by atoms with Gasteiger partial charge in [-0.3, -0.25) is 0 Å². The SMILES string of the molecule is N#Cc1cccc(-c2ocnc2C(=O)O)n1. The second-order valence-corrected chi connectivity index (χ2v) is 2.86. The number of pyridine rings is 1. The number of aromatic carboxylic acids is 1. The molecule has 0 atom stereocenters. The summed E-state index contributed by atoms with van der Waals surface area (Å²) in [6.45, 7) is 0. The number of carbonyl (C=O) groups is 1. The summed E-state index contributed by atoms with van der Waals surface area (Å²) in [4.78, 5) is 18.3. The number of hydrogen-bond acceptors (Lipinski definition) is 5. The molecule has 0 unspecified atom stereocenters. The molecule has 0 radical (unpaired) electrons. The van der Waals surface area contributed by atoms with Crippen molar-refractivity contribution in [1.82, 2.24) is 9.97 Å². The molecule has 2 aromatic heterocycles. The Morgan fingerprint density at radius 1 is 1.50 bits per heavy atom. The van der Waals surface area contributed by atoms with Crippen LogP contribution in [0.3, 0.4) is 0 Å². The topological polar surface area (TPSA) is 100 Å². The predicted octanol–water partition coefficient (Wildman–Crippen LogP) is 1.31. The molecule has 78 valence electrons. The highest BCUT2D eigenvalue weighted by Gasteiger charge is 2.18. The van der Waals surface area contributed by atoms with Gasteiger partial charge in [-0.2, -0.15) is 5.26 Å². The molecule has 0 spiro atoms. The molecule has 2 aromatic rings. The first-order valence-electron chi connectivity index (χ1n) is 4.26. The molecule has 0 bridgehead atoms. The molecule has 1 N–H and O–H groups in total. The van der Waals surface area contributed by atoms with Crippen LogP contribution in [0.2, 0.25) is 0 Å². The molecule has 0 fully saturated rings. The molecule has 0 saturated carbocycles. The van der Waals surface area contributed by atoms with Crippen LogP contribution in [0.5, 0.6) is 0 Å². The van der Waals surface area contributed by atoms with Crippen LogP contribution in [0.4, 0.5) is 0 Å². The maximum atomic E-state index is 10.8. The number of nitrogens with zero attached hydrogens (tertiary/aromatic N) is 3. The van der Waals surface area contributed by atoms with Crippen molar-refractivity contribution in [2.45, 2.75) is 0 Å². The predicted molar refractivity (Wildman–Crippen MR) is 51.4 cm³/mol. The summed E-state index contributed by atoms with van der Waals surface area (Å²) in [5.74, 6) is -1.16. The molecule has 6 nitrogen and oxygen atoms in total. The summed E-state index contributed by atoms with van der Waals surface area (Å²) in [6.07, 6.45) is 1.03. The van der Waals surface area contributed by atoms with Crippen LogP contribution in [0.15, 0.2) is 29.0 Å². The first-order chi connectivity index (χ1) is 7.72. The second-order valence-electron chi connectivity index (χ2n) is 2.86. The first-order valence-corrected chi connectivity index (χ1v) is 4.26. The van der Waals surface area contributed by atoms with Gasteiger partial charge in [0.2, 0.25) is 0 Å². The lowest BCUT2D eigenvalue weighted by molar-refractivity contribution is 0.0691. The molecule has 6 heteroatoms. The van der Waals surface area contributed by atoms with E-state index >= 15 is 0 Å². The molecule has 0 saturated heterocycles. The first kappa shape index (κ1) is 9.86. The van der Waals surface area contributed by atoms with Crippen molar-refractivity contribution in [2.75, 3.05) is 0 Å². The fraction of sp³-hybridized carbons (Fsp3) is 0. The normalized spacial score (nSPS) is 9.69. The van der Waals surface area contributed by atoms with Crippen LogP contribution in [-0.2, 0) is 0 Å². The quantitative estimate of drug-likeness (QED) is 0.810. The third-order valence-corrected chi connectivity index (χ3v) is 1.87. The third kappa shape index (κ3) is 1.62. The Hall–Kier alpha value is -2.68. The summed E-state index contributed by atoms with van der Waals surface area (Å²) >= 11 is 0. The lowest BCUT2D eigenvalue weighted by Gasteiger charge is -1.96. The van der Waals surface area contributed by atoms with Gasteiger partial charge in [0.1, 0.15) is 17.5 Å². The molecular formula is C10H5N3O3. The van der Waals surface area contributed by atoms with Gasteiger partial charge < -0.3 is 9.52 Å². The Balaban J connectivity index is 2.55. The molecule has 0 aliphatic carbocycles. The van der Waals surface area contributed by atoms with Crippen molar-refractivity contribution in [3.8, 4) is 17.5 Å². The monoisotopic (exact) mass is 215 g/mol. The van der Waals surface area contributed by atoms with Gasteiger partial charge in [0, 0.05) is 0 Å². The van der Waals surface area contributed by atoms with E-state index in [4.69, 9.17) is 14.8 Å². The molecule has 0 aromatic carbocycles. The molecule has 0 aliphatic rings. The maximum absolute atomic E-state index is 10.8. The second kappa shape index (κ2) is 3.82. The third-order valence-electron chi connectivity index (χ3n) is 1.87. The number of oxazole rings is 1. The highest BCUT2D eigenvalue weighted by atomic mass is 16.4. The fourth-order valence-electron chi connectivity index (χ4n) is 1.20. The zero-order valence-electron chi connectivity index (χ0n) is 7.91. The summed E-state index contributed by atoms with van der Waals surface area (Å²) in [7, 11) is 0. The van der Waals surface area contributed by atoms with Gasteiger partial charge in [0.15, 0.2) is 17.8 Å². The van der Waals surface area contributed by atoms with E-state index in [-0.39, 0.29) is 22.8 Å². The lowest BCUT2D eigenvalue weighted by atomic mass is 10.2. The molecule has 0 amide bonds. The summed E-state index contributed by atoms with van der Waals surface area (Å²) in [5, 5.41) is 17.5. The summed E-state index contributed by atoms with van der Waals surface area (Å²) in [6, 6.07) is 6.51. The van der Waals surface area contributed by atoms with Crippen molar-refractivity contribution in [3.05, 3.63) is 36.0 Å². The van der Waals surface area contributed by atoms with E-state index in [1.165, 1.54) is 6.07 Å². The number of rotatable bonds is 2. The Kier molecular flexibility index (Phi) is 2.36. The van der Waals surface area contributed by atoms with E-state index in [0.717, 1.165) is 6.39 Å². The Bertz CT molecular complexity index is 583. The Morgan fingerprint density at radius 2 is 2.31 bits per heavy atom. The Morgan fingerprint density at radius 3 is 3.00 bits per heavy atom. The van der Waals surface area contributed by atoms with Crippen molar-refractivity contribution < 1.29 is 14.3 Å². The summed E-state index contributed by atoms with van der Waals surface area (Å²) in [5.41, 5.74) is 0.238.